The SMILES string of the molecule is Cc1c(N2C/C=C/c3cccc4nc(C(N)O)cc(c34)C2=O)c(C(F)(F)F)nn1Cc1ccc(C(F)(F)F)cc1. The van der Waals surface area contributed by atoms with Crippen molar-refractivity contribution in [3.8, 4) is 0 Å². The Labute approximate surface area is 223 Å². The summed E-state index contributed by atoms with van der Waals surface area (Å²) in [4.78, 5) is 19.1. The Balaban J connectivity index is 1.63. The minimum absolute atomic E-state index is 0.00698. The number of hydrogen-bond acceptors (Lipinski definition) is 5. The number of carbonyl (C=O) groups excluding carboxylic acids is 1. The molecule has 1 aliphatic rings. The number of carbonyl (C=O) groups is 1. The molecule has 40 heavy (non-hydrogen) atoms. The Kier molecular flexibility index (Phi) is 6.66. The van der Waals surface area contributed by atoms with E-state index < -0.39 is 41.4 Å². The number of amides is 1. The molecule has 3 heterocycles. The van der Waals surface area contributed by atoms with Gasteiger partial charge in [-0.1, -0.05) is 36.4 Å². The highest BCUT2D eigenvalue weighted by atomic mass is 19.4. The molecular formula is C27H21F6N5O2. The first-order valence-electron chi connectivity index (χ1n) is 11.9. The molecule has 208 valence electrons. The second-order valence-electron chi connectivity index (χ2n) is 9.23. The first-order chi connectivity index (χ1) is 18.8. The molecule has 13 heteroatoms. The molecule has 7 nitrogen and oxygen atoms in total. The van der Waals surface area contributed by atoms with Crippen molar-refractivity contribution in [2.75, 3.05) is 11.4 Å². The number of aromatic nitrogens is 3. The highest BCUT2D eigenvalue weighted by Gasteiger charge is 2.42. The number of nitrogens with zero attached hydrogens (tertiary/aromatic N) is 4. The highest BCUT2D eigenvalue weighted by molar-refractivity contribution is 6.16. The Hall–Kier alpha value is -4.23. The predicted molar refractivity (Wildman–Crippen MR) is 134 cm³/mol. The maximum Gasteiger partial charge on any atom is 0.437 e. The number of hydrogen-bond donors (Lipinski definition) is 2. The van der Waals surface area contributed by atoms with Crippen LogP contribution in [-0.4, -0.2) is 32.3 Å². The highest BCUT2D eigenvalue weighted by Crippen LogP contribution is 2.40. The van der Waals surface area contributed by atoms with Gasteiger partial charge in [0.1, 0.15) is 6.23 Å². The fraction of sp³-hybridized carbons (Fsp3) is 0.222. The first-order valence-corrected chi connectivity index (χ1v) is 11.9. The van der Waals surface area contributed by atoms with E-state index in [1.807, 2.05) is 0 Å². The van der Waals surface area contributed by atoms with Crippen molar-refractivity contribution >= 4 is 28.6 Å². The van der Waals surface area contributed by atoms with Gasteiger partial charge in [0.2, 0.25) is 0 Å². The van der Waals surface area contributed by atoms with Crippen LogP contribution in [0.3, 0.4) is 0 Å². The van der Waals surface area contributed by atoms with Crippen molar-refractivity contribution in [3.63, 3.8) is 0 Å². The lowest BCUT2D eigenvalue weighted by Gasteiger charge is -2.25. The van der Waals surface area contributed by atoms with Crippen LogP contribution < -0.4 is 10.6 Å². The second-order valence-corrected chi connectivity index (χ2v) is 9.23. The molecule has 0 radical (unpaired) electrons. The van der Waals surface area contributed by atoms with E-state index in [9.17, 15) is 36.2 Å². The molecular weight excluding hydrogens is 540 g/mol. The summed E-state index contributed by atoms with van der Waals surface area (Å²) in [6.45, 7) is 0.840. The van der Waals surface area contributed by atoms with Gasteiger partial charge >= 0.3 is 12.4 Å². The average molecular weight is 561 g/mol. The minimum Gasteiger partial charge on any atom is -0.373 e. The standard InChI is InChI=1S/C27H21F6N5O2/c1-14-22(23(27(31,32)33)36-38(14)13-15-7-9-17(10-8-15)26(28,29)30)37-11-3-5-16-4-2-6-19-21(16)18(25(37)40)12-20(35-19)24(34)39/h2-10,12,24,39H,11,13,34H2,1H3/b5-3+. The molecule has 1 aliphatic heterocycles. The number of halogens is 6. The lowest BCUT2D eigenvalue weighted by molar-refractivity contribution is -0.141. The van der Waals surface area contributed by atoms with Crippen molar-refractivity contribution in [1.29, 1.82) is 0 Å². The molecule has 0 fully saturated rings. The van der Waals surface area contributed by atoms with Crippen molar-refractivity contribution in [2.45, 2.75) is 32.0 Å². The van der Waals surface area contributed by atoms with Crippen LogP contribution in [0.25, 0.3) is 17.0 Å². The Bertz CT molecular complexity index is 1640. The van der Waals surface area contributed by atoms with Gasteiger partial charge in [-0.15, -0.1) is 0 Å². The van der Waals surface area contributed by atoms with Crippen LogP contribution in [-0.2, 0) is 18.9 Å². The number of anilines is 1. The summed E-state index contributed by atoms with van der Waals surface area (Å²) in [5.41, 5.74) is 4.02. The van der Waals surface area contributed by atoms with Gasteiger partial charge in [-0.05, 0) is 42.3 Å². The lowest BCUT2D eigenvalue weighted by Crippen LogP contribution is -2.34. The van der Waals surface area contributed by atoms with E-state index in [0.717, 1.165) is 33.8 Å². The zero-order valence-corrected chi connectivity index (χ0v) is 20.8. The molecule has 1 atom stereocenters. The predicted octanol–water partition coefficient (Wildman–Crippen LogP) is 5.45. The number of aliphatic hydroxyl groups excluding tert-OH is 1. The van der Waals surface area contributed by atoms with Crippen molar-refractivity contribution in [2.24, 2.45) is 5.73 Å². The van der Waals surface area contributed by atoms with Gasteiger partial charge in [-0.3, -0.25) is 9.48 Å². The molecule has 2 aromatic carbocycles. The number of aliphatic hydroxyl groups is 1. The first kappa shape index (κ1) is 27.3. The van der Waals surface area contributed by atoms with E-state index in [1.54, 1.807) is 24.3 Å². The largest absolute Gasteiger partial charge is 0.437 e. The summed E-state index contributed by atoms with van der Waals surface area (Å²) >= 11 is 0. The molecule has 0 aliphatic carbocycles. The third-order valence-corrected chi connectivity index (χ3v) is 6.58. The molecule has 1 amide bonds. The van der Waals surface area contributed by atoms with E-state index in [0.29, 0.717) is 16.5 Å². The van der Waals surface area contributed by atoms with E-state index in [1.165, 1.54) is 19.1 Å². The molecule has 4 aromatic rings. The molecule has 2 aromatic heterocycles. The van der Waals surface area contributed by atoms with Gasteiger partial charge < -0.3 is 15.7 Å². The van der Waals surface area contributed by atoms with Crippen LogP contribution in [0.15, 0.2) is 54.6 Å². The number of rotatable bonds is 4. The maximum atomic E-state index is 14.2. The summed E-state index contributed by atoms with van der Waals surface area (Å²) in [6, 6.07) is 10.2. The van der Waals surface area contributed by atoms with Crippen LogP contribution in [0, 0.1) is 6.92 Å². The van der Waals surface area contributed by atoms with Crippen LogP contribution in [0.1, 0.15) is 50.4 Å². The zero-order chi connectivity index (χ0) is 29.0. The monoisotopic (exact) mass is 561 g/mol. The molecule has 3 N–H and O–H groups in total. The summed E-state index contributed by atoms with van der Waals surface area (Å²) < 4.78 is 82.6. The van der Waals surface area contributed by atoms with Crippen molar-refractivity contribution < 1.29 is 36.2 Å². The Morgan fingerprint density at radius 3 is 2.38 bits per heavy atom. The zero-order valence-electron chi connectivity index (χ0n) is 20.8. The molecule has 0 bridgehead atoms. The quantitative estimate of drug-likeness (QED) is 0.255. The number of benzene rings is 2. The topological polar surface area (TPSA) is 97.3 Å². The normalized spacial score (nSPS) is 15.7. The maximum absolute atomic E-state index is 14.2. The fourth-order valence-electron chi connectivity index (χ4n) is 4.68. The summed E-state index contributed by atoms with van der Waals surface area (Å²) in [6.07, 6.45) is -7.87. The van der Waals surface area contributed by atoms with Gasteiger partial charge in [0.25, 0.3) is 5.91 Å². The van der Waals surface area contributed by atoms with E-state index in [-0.39, 0.29) is 35.6 Å². The Morgan fingerprint density at radius 2 is 1.75 bits per heavy atom. The molecule has 5 rings (SSSR count). The molecule has 0 saturated heterocycles. The van der Waals surface area contributed by atoms with Gasteiger partial charge in [-0.25, -0.2) is 4.98 Å². The van der Waals surface area contributed by atoms with E-state index in [4.69, 9.17) is 5.73 Å². The minimum atomic E-state index is -4.96. The second kappa shape index (κ2) is 9.75. The van der Waals surface area contributed by atoms with Crippen LogP contribution in [0.2, 0.25) is 0 Å². The van der Waals surface area contributed by atoms with Crippen molar-refractivity contribution in [1.82, 2.24) is 14.8 Å². The van der Waals surface area contributed by atoms with Crippen LogP contribution >= 0.6 is 0 Å². The molecule has 0 spiro atoms. The lowest BCUT2D eigenvalue weighted by atomic mass is 9.98. The number of nitrogens with two attached hydrogens (primary N) is 1. The number of alkyl halides is 6. The summed E-state index contributed by atoms with van der Waals surface area (Å²) in [5, 5.41) is 14.0. The van der Waals surface area contributed by atoms with E-state index in [2.05, 4.69) is 10.1 Å². The summed E-state index contributed by atoms with van der Waals surface area (Å²) in [7, 11) is 0. The van der Waals surface area contributed by atoms with Gasteiger partial charge in [0, 0.05) is 11.9 Å². The fourth-order valence-corrected chi connectivity index (χ4v) is 4.68. The smallest absolute Gasteiger partial charge is 0.373 e. The molecule has 1 unspecified atom stereocenters. The van der Waals surface area contributed by atoms with Gasteiger partial charge in [0.05, 0.1) is 40.3 Å². The average Bonchev–Trinajstić information content (AvgIpc) is 3.20. The third-order valence-electron chi connectivity index (χ3n) is 6.58. The van der Waals surface area contributed by atoms with Gasteiger partial charge in [-0.2, -0.15) is 31.4 Å². The van der Waals surface area contributed by atoms with Crippen LogP contribution in [0.4, 0.5) is 32.0 Å². The van der Waals surface area contributed by atoms with Gasteiger partial charge in [0.15, 0.2) is 5.69 Å². The van der Waals surface area contributed by atoms with Crippen LogP contribution in [0.5, 0.6) is 0 Å². The number of pyridine rings is 1. The molecule has 0 saturated carbocycles. The summed E-state index contributed by atoms with van der Waals surface area (Å²) in [5.74, 6) is -0.797. The third kappa shape index (κ3) is 4.93. The Morgan fingerprint density at radius 1 is 1.05 bits per heavy atom. The van der Waals surface area contributed by atoms with E-state index >= 15 is 0 Å². The van der Waals surface area contributed by atoms with Crippen molar-refractivity contribution in [3.05, 3.63) is 93.9 Å².